The molecule has 0 fully saturated rings. The molecule has 0 aliphatic carbocycles. The van der Waals surface area contributed by atoms with Crippen LogP contribution in [-0.2, 0) is 24.3 Å². The number of methoxy groups -OCH3 is 1. The molecule has 0 spiro atoms. The lowest BCUT2D eigenvalue weighted by molar-refractivity contribution is 0.181. The maximum atomic E-state index is 5.18. The molecule has 2 heterocycles. The molecule has 0 aliphatic rings. The minimum absolute atomic E-state index is 0.565. The molecule has 0 radical (unpaired) electrons. The van der Waals surface area contributed by atoms with Crippen LogP contribution in [0.1, 0.15) is 21.3 Å². The molecule has 0 saturated heterocycles. The van der Waals surface area contributed by atoms with Gasteiger partial charge in [0.25, 0.3) is 0 Å². The Balaban J connectivity index is 2.15. The van der Waals surface area contributed by atoms with Crippen LogP contribution >= 0.6 is 11.3 Å². The second-order valence-corrected chi connectivity index (χ2v) is 5.11. The van der Waals surface area contributed by atoms with E-state index in [1.165, 1.54) is 4.88 Å². The number of nitrogens with one attached hydrogen (secondary N) is 1. The second-order valence-electron chi connectivity index (χ2n) is 3.94. The van der Waals surface area contributed by atoms with Gasteiger partial charge in [0.15, 0.2) is 0 Å². The Morgan fingerprint density at radius 3 is 2.94 bits per heavy atom. The van der Waals surface area contributed by atoms with Crippen LogP contribution in [0.15, 0.2) is 24.4 Å². The monoisotopic (exact) mass is 263 g/mol. The third-order valence-corrected chi connectivity index (χ3v) is 3.60. The highest BCUT2D eigenvalue weighted by atomic mass is 32.1. The molecule has 4 nitrogen and oxygen atoms in total. The van der Waals surface area contributed by atoms with E-state index in [2.05, 4.69) is 15.3 Å². The third-order valence-electron chi connectivity index (χ3n) is 2.50. The molecule has 0 aliphatic heterocycles. The van der Waals surface area contributed by atoms with E-state index >= 15 is 0 Å². The molecule has 0 unspecified atom stereocenters. The van der Waals surface area contributed by atoms with E-state index in [-0.39, 0.29) is 0 Å². The lowest BCUT2D eigenvalue weighted by Gasteiger charge is -1.98. The highest BCUT2D eigenvalue weighted by Gasteiger charge is 2.11. The topological polar surface area (TPSA) is 47.0 Å². The number of thiazole rings is 1. The number of nitrogens with zero attached hydrogens (tertiary/aromatic N) is 2. The Bertz CT molecular complexity index is 461. The Labute approximate surface area is 111 Å². The summed E-state index contributed by atoms with van der Waals surface area (Å²) in [6.07, 6.45) is 2.60. The first-order chi connectivity index (χ1) is 8.83. The van der Waals surface area contributed by atoms with Gasteiger partial charge in [-0.15, -0.1) is 11.3 Å². The number of hydrogen-bond acceptors (Lipinski definition) is 5. The van der Waals surface area contributed by atoms with Crippen molar-refractivity contribution in [1.82, 2.24) is 15.3 Å². The summed E-state index contributed by atoms with van der Waals surface area (Å²) in [7, 11) is 3.63. The molecule has 0 saturated carbocycles. The molecular weight excluding hydrogens is 246 g/mol. The van der Waals surface area contributed by atoms with Gasteiger partial charge in [0.05, 0.1) is 17.3 Å². The van der Waals surface area contributed by atoms with Crippen LogP contribution in [0.2, 0.25) is 0 Å². The van der Waals surface area contributed by atoms with Crippen LogP contribution < -0.4 is 5.32 Å². The molecule has 0 aromatic carbocycles. The van der Waals surface area contributed by atoms with Crippen molar-refractivity contribution >= 4 is 11.3 Å². The lowest BCUT2D eigenvalue weighted by Crippen LogP contribution is -2.06. The summed E-state index contributed by atoms with van der Waals surface area (Å²) in [6.45, 7) is 1.40. The Kier molecular flexibility index (Phi) is 4.81. The fourth-order valence-corrected chi connectivity index (χ4v) is 2.82. The van der Waals surface area contributed by atoms with Gasteiger partial charge in [0.2, 0.25) is 0 Å². The molecule has 0 amide bonds. The van der Waals surface area contributed by atoms with Gasteiger partial charge in [-0.2, -0.15) is 0 Å². The van der Waals surface area contributed by atoms with E-state index < -0.39 is 0 Å². The third kappa shape index (κ3) is 3.35. The minimum atomic E-state index is 0.565. The van der Waals surface area contributed by atoms with E-state index in [1.807, 2.05) is 31.4 Å². The zero-order chi connectivity index (χ0) is 12.8. The molecule has 5 heteroatoms. The maximum absolute atomic E-state index is 5.18. The van der Waals surface area contributed by atoms with Crippen molar-refractivity contribution in [1.29, 1.82) is 0 Å². The zero-order valence-corrected chi connectivity index (χ0v) is 11.5. The molecule has 0 bridgehead atoms. The predicted molar refractivity (Wildman–Crippen MR) is 72.6 cm³/mol. The van der Waals surface area contributed by atoms with Gasteiger partial charge in [-0.05, 0) is 19.2 Å². The van der Waals surface area contributed by atoms with Gasteiger partial charge in [-0.1, -0.05) is 6.07 Å². The summed E-state index contributed by atoms with van der Waals surface area (Å²) in [5, 5.41) is 4.25. The van der Waals surface area contributed by atoms with Crippen molar-refractivity contribution in [3.63, 3.8) is 0 Å². The standard InChI is InChI=1S/C13H17N3OS/c1-14-8-12-11(9-17-2)16-13(18-12)7-10-5-3-4-6-15-10/h3-6,14H,7-9H2,1-2H3. The molecule has 2 aromatic rings. The van der Waals surface area contributed by atoms with Gasteiger partial charge in [-0.25, -0.2) is 4.98 Å². The van der Waals surface area contributed by atoms with Crippen molar-refractivity contribution < 1.29 is 4.74 Å². The first-order valence-corrected chi connectivity index (χ1v) is 6.66. The molecule has 1 N–H and O–H groups in total. The van der Waals surface area contributed by atoms with E-state index in [4.69, 9.17) is 4.74 Å². The normalized spacial score (nSPS) is 10.8. The van der Waals surface area contributed by atoms with Crippen LogP contribution in [0.4, 0.5) is 0 Å². The van der Waals surface area contributed by atoms with Crippen molar-refractivity contribution in [3.05, 3.63) is 45.7 Å². The van der Waals surface area contributed by atoms with Gasteiger partial charge < -0.3 is 10.1 Å². The maximum Gasteiger partial charge on any atom is 0.0992 e. The number of pyridine rings is 1. The number of ether oxygens (including phenoxy) is 1. The first-order valence-electron chi connectivity index (χ1n) is 5.84. The van der Waals surface area contributed by atoms with E-state index in [0.717, 1.165) is 29.4 Å². The molecule has 2 aromatic heterocycles. The average molecular weight is 263 g/mol. The lowest BCUT2D eigenvalue weighted by atomic mass is 10.3. The van der Waals surface area contributed by atoms with Crippen LogP contribution in [0.5, 0.6) is 0 Å². The van der Waals surface area contributed by atoms with Crippen LogP contribution in [0, 0.1) is 0 Å². The van der Waals surface area contributed by atoms with Crippen molar-refractivity contribution in [2.24, 2.45) is 0 Å². The molecule has 18 heavy (non-hydrogen) atoms. The summed E-state index contributed by atoms with van der Waals surface area (Å²) in [5.41, 5.74) is 2.08. The van der Waals surface area contributed by atoms with E-state index in [1.54, 1.807) is 18.4 Å². The van der Waals surface area contributed by atoms with Crippen molar-refractivity contribution in [3.8, 4) is 0 Å². The Morgan fingerprint density at radius 1 is 1.39 bits per heavy atom. The zero-order valence-electron chi connectivity index (χ0n) is 10.6. The SMILES string of the molecule is CNCc1sc(Cc2ccccn2)nc1COC. The van der Waals surface area contributed by atoms with Crippen LogP contribution in [-0.4, -0.2) is 24.1 Å². The van der Waals surface area contributed by atoms with Gasteiger partial charge in [0.1, 0.15) is 0 Å². The van der Waals surface area contributed by atoms with E-state index in [0.29, 0.717) is 6.61 Å². The van der Waals surface area contributed by atoms with Crippen LogP contribution in [0.3, 0.4) is 0 Å². The second kappa shape index (κ2) is 6.58. The summed E-state index contributed by atoms with van der Waals surface area (Å²) < 4.78 is 5.18. The van der Waals surface area contributed by atoms with Crippen LogP contribution in [0.25, 0.3) is 0 Å². The summed E-state index contributed by atoms with van der Waals surface area (Å²) in [4.78, 5) is 10.2. The number of rotatable bonds is 6. The largest absolute Gasteiger partial charge is 0.378 e. The number of hydrogen-bond donors (Lipinski definition) is 1. The van der Waals surface area contributed by atoms with Crippen molar-refractivity contribution in [2.45, 2.75) is 19.6 Å². The molecule has 96 valence electrons. The fourth-order valence-electron chi connectivity index (χ4n) is 1.72. The Hall–Kier alpha value is -1.30. The molecule has 2 rings (SSSR count). The molecule has 0 atom stereocenters. The molecular formula is C13H17N3OS. The summed E-state index contributed by atoms with van der Waals surface area (Å²) >= 11 is 1.73. The fraction of sp³-hybridized carbons (Fsp3) is 0.385. The van der Waals surface area contributed by atoms with Gasteiger partial charge in [0, 0.05) is 36.8 Å². The Morgan fingerprint density at radius 2 is 2.28 bits per heavy atom. The average Bonchev–Trinajstić information content (AvgIpc) is 2.74. The quantitative estimate of drug-likeness (QED) is 0.866. The van der Waals surface area contributed by atoms with Gasteiger partial charge >= 0.3 is 0 Å². The van der Waals surface area contributed by atoms with Gasteiger partial charge in [-0.3, -0.25) is 4.98 Å². The predicted octanol–water partition coefficient (Wildman–Crippen LogP) is 1.99. The van der Waals surface area contributed by atoms with Crippen molar-refractivity contribution in [2.75, 3.05) is 14.2 Å². The first kappa shape index (κ1) is 13.1. The smallest absolute Gasteiger partial charge is 0.0992 e. The summed E-state index contributed by atoms with van der Waals surface area (Å²) in [6, 6.07) is 5.95. The minimum Gasteiger partial charge on any atom is -0.378 e. The highest BCUT2D eigenvalue weighted by molar-refractivity contribution is 7.11. The number of aromatic nitrogens is 2. The highest BCUT2D eigenvalue weighted by Crippen LogP contribution is 2.21. The van der Waals surface area contributed by atoms with E-state index in [9.17, 15) is 0 Å². The summed E-state index contributed by atoms with van der Waals surface area (Å²) in [5.74, 6) is 0.